The average Bonchev–Trinajstić information content (AvgIpc) is 2.32. The van der Waals surface area contributed by atoms with Crippen LogP contribution in [0.15, 0.2) is 18.2 Å². The molecule has 0 fully saturated rings. The van der Waals surface area contributed by atoms with Crippen LogP contribution < -0.4 is 10.1 Å². The monoisotopic (exact) mass is 293 g/mol. The quantitative estimate of drug-likeness (QED) is 0.785. The van der Waals surface area contributed by atoms with Gasteiger partial charge in [0.1, 0.15) is 5.75 Å². The zero-order chi connectivity index (χ0) is 14.3. The molecule has 0 aliphatic heterocycles. The van der Waals surface area contributed by atoms with Crippen LogP contribution in [-0.2, 0) is 16.1 Å². The second-order valence-corrected chi connectivity index (χ2v) is 3.98. The molecular formula is C12H14ClF2NO3. The Hall–Kier alpha value is -1.40. The highest BCUT2D eigenvalue weighted by atomic mass is 35.5. The Balaban J connectivity index is 2.60. The van der Waals surface area contributed by atoms with Gasteiger partial charge in [-0.1, -0.05) is 11.6 Å². The summed E-state index contributed by atoms with van der Waals surface area (Å²) in [6.45, 7) is -0.776. The second kappa shape index (κ2) is 7.91. The number of esters is 1. The van der Waals surface area contributed by atoms with Gasteiger partial charge in [0, 0.05) is 17.1 Å². The minimum absolute atomic E-state index is 0.0194. The smallest absolute Gasteiger partial charge is 0.387 e. The van der Waals surface area contributed by atoms with E-state index in [1.807, 2.05) is 0 Å². The van der Waals surface area contributed by atoms with E-state index in [4.69, 9.17) is 16.3 Å². The zero-order valence-corrected chi connectivity index (χ0v) is 11.0. The highest BCUT2D eigenvalue weighted by Gasteiger charge is 2.10. The van der Waals surface area contributed by atoms with E-state index in [1.54, 1.807) is 6.92 Å². The molecule has 0 aliphatic rings. The molecule has 106 valence electrons. The molecule has 0 radical (unpaired) electrons. The number of hydrogen-bond acceptors (Lipinski definition) is 4. The molecular weight excluding hydrogens is 280 g/mol. The Labute approximate surface area is 114 Å². The lowest BCUT2D eigenvalue weighted by Crippen LogP contribution is -2.24. The van der Waals surface area contributed by atoms with E-state index >= 15 is 0 Å². The fourth-order valence-electron chi connectivity index (χ4n) is 1.41. The van der Waals surface area contributed by atoms with Gasteiger partial charge in [0.25, 0.3) is 0 Å². The number of alkyl halides is 2. The van der Waals surface area contributed by atoms with Crippen LogP contribution in [0.4, 0.5) is 8.78 Å². The van der Waals surface area contributed by atoms with Gasteiger partial charge in [0.05, 0.1) is 13.2 Å². The van der Waals surface area contributed by atoms with Crippen LogP contribution in [0.5, 0.6) is 5.75 Å². The average molecular weight is 294 g/mol. The zero-order valence-electron chi connectivity index (χ0n) is 10.3. The van der Waals surface area contributed by atoms with Crippen molar-refractivity contribution in [2.75, 3.05) is 13.2 Å². The van der Waals surface area contributed by atoms with Gasteiger partial charge in [-0.05, 0) is 25.1 Å². The van der Waals surface area contributed by atoms with Gasteiger partial charge in [-0.2, -0.15) is 8.78 Å². The third-order valence-corrected chi connectivity index (χ3v) is 2.36. The van der Waals surface area contributed by atoms with E-state index in [0.29, 0.717) is 10.6 Å². The summed E-state index contributed by atoms with van der Waals surface area (Å²) >= 11 is 5.78. The molecule has 1 rings (SSSR count). The van der Waals surface area contributed by atoms with Crippen LogP contribution >= 0.6 is 11.6 Å². The summed E-state index contributed by atoms with van der Waals surface area (Å²) in [5, 5.41) is 3.17. The molecule has 1 aromatic rings. The van der Waals surface area contributed by atoms with Crippen molar-refractivity contribution >= 4 is 17.6 Å². The maximum Gasteiger partial charge on any atom is 0.387 e. The maximum absolute atomic E-state index is 12.2. The molecule has 0 saturated carbocycles. The fourth-order valence-corrected chi connectivity index (χ4v) is 1.60. The van der Waals surface area contributed by atoms with Gasteiger partial charge in [0.2, 0.25) is 0 Å². The Morgan fingerprint density at radius 3 is 2.84 bits per heavy atom. The predicted octanol–water partition coefficient (Wildman–Crippen LogP) is 2.59. The van der Waals surface area contributed by atoms with E-state index in [0.717, 1.165) is 0 Å². The van der Waals surface area contributed by atoms with Crippen molar-refractivity contribution in [3.8, 4) is 5.75 Å². The van der Waals surface area contributed by atoms with Gasteiger partial charge in [-0.15, -0.1) is 0 Å². The number of hydrogen-bond donors (Lipinski definition) is 1. The van der Waals surface area contributed by atoms with E-state index in [-0.39, 0.29) is 25.4 Å². The number of carbonyl (C=O) groups is 1. The Kier molecular flexibility index (Phi) is 6.52. The largest absolute Gasteiger partial charge is 0.465 e. The topological polar surface area (TPSA) is 47.6 Å². The molecule has 4 nitrogen and oxygen atoms in total. The third kappa shape index (κ3) is 5.85. The van der Waals surface area contributed by atoms with E-state index in [2.05, 4.69) is 10.1 Å². The lowest BCUT2D eigenvalue weighted by Gasteiger charge is -2.11. The predicted molar refractivity (Wildman–Crippen MR) is 66.4 cm³/mol. The molecule has 1 N–H and O–H groups in total. The van der Waals surface area contributed by atoms with Gasteiger partial charge in [-0.25, -0.2) is 0 Å². The molecule has 1 aromatic carbocycles. The van der Waals surface area contributed by atoms with Gasteiger partial charge < -0.3 is 14.8 Å². The van der Waals surface area contributed by atoms with Crippen LogP contribution in [0.25, 0.3) is 0 Å². The molecule has 0 amide bonds. The first-order chi connectivity index (χ1) is 9.02. The van der Waals surface area contributed by atoms with Crippen molar-refractivity contribution in [3.63, 3.8) is 0 Å². The molecule has 7 heteroatoms. The van der Waals surface area contributed by atoms with Gasteiger partial charge in [0.15, 0.2) is 0 Å². The molecule has 0 aliphatic carbocycles. The van der Waals surface area contributed by atoms with Crippen LogP contribution in [0.1, 0.15) is 12.5 Å². The summed E-state index contributed by atoms with van der Waals surface area (Å²) in [6, 6.07) is 4.31. The standard InChI is InChI=1S/C12H14ClF2NO3/c1-2-18-11(17)7-16-6-8-5-9(13)3-4-10(8)19-12(14)15/h3-5,12,16H,2,6-7H2,1H3. The van der Waals surface area contributed by atoms with Crippen molar-refractivity contribution in [1.29, 1.82) is 0 Å². The van der Waals surface area contributed by atoms with Crippen LogP contribution in [0, 0.1) is 0 Å². The van der Waals surface area contributed by atoms with Crippen LogP contribution in [-0.4, -0.2) is 25.7 Å². The van der Waals surface area contributed by atoms with Crippen molar-refractivity contribution in [2.45, 2.75) is 20.1 Å². The Bertz CT molecular complexity index is 429. The molecule has 0 bridgehead atoms. The Morgan fingerprint density at radius 2 is 2.21 bits per heavy atom. The first-order valence-corrected chi connectivity index (χ1v) is 6.00. The SMILES string of the molecule is CCOC(=O)CNCc1cc(Cl)ccc1OC(F)F. The molecule has 0 aromatic heterocycles. The van der Waals surface area contributed by atoms with Crippen molar-refractivity contribution in [2.24, 2.45) is 0 Å². The maximum atomic E-state index is 12.2. The van der Waals surface area contributed by atoms with Gasteiger partial charge in [-0.3, -0.25) is 4.79 Å². The number of carbonyl (C=O) groups excluding carboxylic acids is 1. The van der Waals surface area contributed by atoms with Gasteiger partial charge >= 0.3 is 12.6 Å². The van der Waals surface area contributed by atoms with E-state index in [1.165, 1.54) is 18.2 Å². The van der Waals surface area contributed by atoms with Crippen molar-refractivity contribution in [3.05, 3.63) is 28.8 Å². The first-order valence-electron chi connectivity index (χ1n) is 5.62. The number of halogens is 3. The number of nitrogens with one attached hydrogen (secondary N) is 1. The minimum Gasteiger partial charge on any atom is -0.465 e. The number of benzene rings is 1. The molecule has 0 saturated heterocycles. The summed E-state index contributed by atoms with van der Waals surface area (Å²) in [5.74, 6) is -0.392. The van der Waals surface area contributed by atoms with E-state index < -0.39 is 12.6 Å². The first kappa shape index (κ1) is 15.7. The lowest BCUT2D eigenvalue weighted by molar-refractivity contribution is -0.142. The molecule has 19 heavy (non-hydrogen) atoms. The molecule has 0 unspecified atom stereocenters. The highest BCUT2D eigenvalue weighted by Crippen LogP contribution is 2.24. The second-order valence-electron chi connectivity index (χ2n) is 3.54. The Morgan fingerprint density at radius 1 is 1.47 bits per heavy atom. The molecule has 0 heterocycles. The summed E-state index contributed by atoms with van der Waals surface area (Å²) < 4.78 is 33.5. The van der Waals surface area contributed by atoms with Crippen LogP contribution in [0.2, 0.25) is 5.02 Å². The summed E-state index contributed by atoms with van der Waals surface area (Å²) in [6.07, 6.45) is 0. The molecule has 0 spiro atoms. The summed E-state index contributed by atoms with van der Waals surface area (Å²) in [4.78, 5) is 11.1. The third-order valence-electron chi connectivity index (χ3n) is 2.13. The highest BCUT2D eigenvalue weighted by molar-refractivity contribution is 6.30. The number of rotatable bonds is 7. The fraction of sp³-hybridized carbons (Fsp3) is 0.417. The van der Waals surface area contributed by atoms with Crippen molar-refractivity contribution < 1.29 is 23.0 Å². The summed E-state index contributed by atoms with van der Waals surface area (Å²) in [7, 11) is 0. The number of ether oxygens (including phenoxy) is 2. The van der Waals surface area contributed by atoms with E-state index in [9.17, 15) is 13.6 Å². The normalized spacial score (nSPS) is 10.6. The molecule has 0 atom stereocenters. The lowest BCUT2D eigenvalue weighted by atomic mass is 10.2. The van der Waals surface area contributed by atoms with Crippen molar-refractivity contribution in [1.82, 2.24) is 5.32 Å². The minimum atomic E-state index is -2.91. The summed E-state index contributed by atoms with van der Waals surface area (Å²) in [5.41, 5.74) is 0.442. The van der Waals surface area contributed by atoms with Crippen LogP contribution in [0.3, 0.4) is 0 Å².